The summed E-state index contributed by atoms with van der Waals surface area (Å²) in [6.07, 6.45) is 0.681. The minimum absolute atomic E-state index is 0.0131. The summed E-state index contributed by atoms with van der Waals surface area (Å²) in [5.41, 5.74) is 8.58. The summed E-state index contributed by atoms with van der Waals surface area (Å²) in [6.45, 7) is 3.00. The molecule has 2 heterocycles. The molecule has 136 valence electrons. The summed E-state index contributed by atoms with van der Waals surface area (Å²) in [7, 11) is 0. The van der Waals surface area contributed by atoms with Crippen LogP contribution in [0.25, 0.3) is 0 Å². The number of rotatable bonds is 3. The van der Waals surface area contributed by atoms with Crippen LogP contribution in [0.4, 0.5) is 10.5 Å². The van der Waals surface area contributed by atoms with Crippen molar-refractivity contribution < 1.29 is 14.3 Å². The maximum absolute atomic E-state index is 12.2. The zero-order valence-electron chi connectivity index (χ0n) is 13.3. The molecule has 25 heavy (non-hydrogen) atoms. The third-order valence-electron chi connectivity index (χ3n) is 3.47. The number of anilines is 1. The van der Waals surface area contributed by atoms with Crippen LogP contribution >= 0.6 is 34.8 Å². The maximum Gasteiger partial charge on any atom is 0.409 e. The van der Waals surface area contributed by atoms with Gasteiger partial charge in [-0.25, -0.2) is 15.2 Å². The van der Waals surface area contributed by atoms with E-state index in [9.17, 15) is 9.59 Å². The molecule has 1 aliphatic rings. The van der Waals surface area contributed by atoms with Gasteiger partial charge >= 0.3 is 6.09 Å². The van der Waals surface area contributed by atoms with Crippen LogP contribution < -0.4 is 11.2 Å². The van der Waals surface area contributed by atoms with E-state index < -0.39 is 5.91 Å². The van der Waals surface area contributed by atoms with E-state index in [1.807, 2.05) is 0 Å². The van der Waals surface area contributed by atoms with Crippen molar-refractivity contribution in [3.63, 3.8) is 0 Å². The predicted molar refractivity (Wildman–Crippen MR) is 96.4 cm³/mol. The Balaban J connectivity index is 1.99. The number of nitrogens with zero attached hydrogens (tertiary/aromatic N) is 3. The molecular formula is C14H16Cl3N5O3. The number of likely N-dealkylation sites (tertiary alicyclic amines) is 1. The number of piperidine rings is 1. The van der Waals surface area contributed by atoms with Gasteiger partial charge < -0.3 is 15.4 Å². The van der Waals surface area contributed by atoms with E-state index in [1.165, 1.54) is 0 Å². The van der Waals surface area contributed by atoms with Gasteiger partial charge in [0.25, 0.3) is 5.91 Å². The second-order valence-electron chi connectivity index (χ2n) is 5.10. The van der Waals surface area contributed by atoms with E-state index in [-0.39, 0.29) is 32.7 Å². The van der Waals surface area contributed by atoms with Crippen molar-refractivity contribution in [1.82, 2.24) is 15.3 Å². The van der Waals surface area contributed by atoms with Crippen LogP contribution in [0.15, 0.2) is 5.10 Å². The second kappa shape index (κ2) is 8.55. The molecule has 11 heteroatoms. The number of ether oxygens (including phenoxy) is 1. The van der Waals surface area contributed by atoms with E-state index in [1.54, 1.807) is 11.8 Å². The number of amides is 2. The van der Waals surface area contributed by atoms with Gasteiger partial charge in [0, 0.05) is 31.6 Å². The van der Waals surface area contributed by atoms with Crippen molar-refractivity contribution in [2.45, 2.75) is 19.8 Å². The Kier molecular flexibility index (Phi) is 6.69. The van der Waals surface area contributed by atoms with Crippen molar-refractivity contribution in [3.8, 4) is 0 Å². The number of halogens is 3. The van der Waals surface area contributed by atoms with Gasteiger partial charge in [0.15, 0.2) is 10.8 Å². The fraction of sp³-hybridized carbons (Fsp3) is 0.429. The third kappa shape index (κ3) is 4.65. The number of carbonyl (C=O) groups excluding carboxylic acids is 2. The van der Waals surface area contributed by atoms with Crippen molar-refractivity contribution >= 4 is 58.2 Å². The Morgan fingerprint density at radius 1 is 1.28 bits per heavy atom. The average molecular weight is 409 g/mol. The Morgan fingerprint density at radius 3 is 2.52 bits per heavy atom. The van der Waals surface area contributed by atoms with Gasteiger partial charge in [-0.1, -0.05) is 34.8 Å². The van der Waals surface area contributed by atoms with Crippen LogP contribution in [-0.2, 0) is 4.74 Å². The van der Waals surface area contributed by atoms with Crippen LogP contribution in [0.3, 0.4) is 0 Å². The number of hydrazone groups is 1. The monoisotopic (exact) mass is 407 g/mol. The second-order valence-corrected chi connectivity index (χ2v) is 6.21. The largest absolute Gasteiger partial charge is 0.450 e. The first kappa shape index (κ1) is 19.6. The predicted octanol–water partition coefficient (Wildman–Crippen LogP) is 2.96. The van der Waals surface area contributed by atoms with Crippen molar-refractivity contribution in [1.29, 1.82) is 0 Å². The smallest absolute Gasteiger partial charge is 0.409 e. The van der Waals surface area contributed by atoms with E-state index in [2.05, 4.69) is 15.5 Å². The first-order chi connectivity index (χ1) is 11.8. The fourth-order valence-electron chi connectivity index (χ4n) is 2.14. The van der Waals surface area contributed by atoms with Crippen molar-refractivity contribution in [2.24, 2.45) is 5.10 Å². The Morgan fingerprint density at radius 2 is 1.92 bits per heavy atom. The minimum atomic E-state index is -0.657. The summed E-state index contributed by atoms with van der Waals surface area (Å²) < 4.78 is 4.94. The van der Waals surface area contributed by atoms with Crippen molar-refractivity contribution in [3.05, 3.63) is 20.9 Å². The molecule has 0 bridgehead atoms. The van der Waals surface area contributed by atoms with E-state index in [0.717, 1.165) is 5.71 Å². The van der Waals surface area contributed by atoms with Gasteiger partial charge in [-0.2, -0.15) is 5.10 Å². The molecule has 0 atom stereocenters. The Hall–Kier alpha value is -1.77. The minimum Gasteiger partial charge on any atom is -0.450 e. The molecule has 0 unspecified atom stereocenters. The van der Waals surface area contributed by atoms with Crippen LogP contribution in [0.2, 0.25) is 15.2 Å². The van der Waals surface area contributed by atoms with E-state index in [4.69, 9.17) is 45.3 Å². The third-order valence-corrected chi connectivity index (χ3v) is 4.60. The number of nitrogen functional groups attached to an aromatic ring is 1. The molecule has 0 radical (unpaired) electrons. The lowest BCUT2D eigenvalue weighted by Crippen LogP contribution is -2.39. The Bertz CT molecular complexity index is 716. The summed E-state index contributed by atoms with van der Waals surface area (Å²) in [6, 6.07) is 0. The average Bonchev–Trinajstić information content (AvgIpc) is 2.61. The first-order valence-corrected chi connectivity index (χ1v) is 8.56. The van der Waals surface area contributed by atoms with Crippen LogP contribution in [-0.4, -0.2) is 47.3 Å². The summed E-state index contributed by atoms with van der Waals surface area (Å²) >= 11 is 17.6. The van der Waals surface area contributed by atoms with Crippen LogP contribution in [0, 0.1) is 0 Å². The summed E-state index contributed by atoms with van der Waals surface area (Å²) in [4.78, 5) is 29.2. The van der Waals surface area contributed by atoms with Gasteiger partial charge in [-0.05, 0) is 6.92 Å². The highest BCUT2D eigenvalue weighted by Crippen LogP contribution is 2.34. The number of nitrogens with one attached hydrogen (secondary N) is 1. The van der Waals surface area contributed by atoms with E-state index >= 15 is 0 Å². The lowest BCUT2D eigenvalue weighted by molar-refractivity contribution is 0.0947. The number of pyridine rings is 1. The van der Waals surface area contributed by atoms with Crippen LogP contribution in [0.5, 0.6) is 0 Å². The van der Waals surface area contributed by atoms with Gasteiger partial charge in [0.05, 0.1) is 17.3 Å². The molecule has 1 aromatic rings. The maximum atomic E-state index is 12.2. The molecule has 0 spiro atoms. The molecule has 1 aliphatic heterocycles. The van der Waals surface area contributed by atoms with Gasteiger partial charge in [0.1, 0.15) is 5.02 Å². The number of carbonyl (C=O) groups is 2. The van der Waals surface area contributed by atoms with Crippen molar-refractivity contribution in [2.75, 3.05) is 25.4 Å². The number of hydrogen-bond donors (Lipinski definition) is 2. The number of hydrogen-bond acceptors (Lipinski definition) is 6. The fourth-order valence-corrected chi connectivity index (χ4v) is 2.73. The van der Waals surface area contributed by atoms with Crippen LogP contribution in [0.1, 0.15) is 30.3 Å². The van der Waals surface area contributed by atoms with Gasteiger partial charge in [-0.3, -0.25) is 4.79 Å². The molecular weight excluding hydrogens is 393 g/mol. The normalized spacial score (nSPS) is 14.2. The molecule has 8 nitrogen and oxygen atoms in total. The summed E-state index contributed by atoms with van der Waals surface area (Å²) in [5.74, 6) is -0.657. The standard InChI is InChI=1S/C14H16Cl3N5O3/c1-2-25-14(24)22-5-3-7(4-6-22)20-21-13(23)11-8(15)10(18)9(16)12(17)19-11/h2-6H2,1H3,(H2,18,19)(H,21,23). The molecule has 2 rings (SSSR count). The lowest BCUT2D eigenvalue weighted by atomic mass is 10.1. The van der Waals surface area contributed by atoms with Gasteiger partial charge in [-0.15, -0.1) is 0 Å². The molecule has 3 N–H and O–H groups in total. The highest BCUT2D eigenvalue weighted by Gasteiger charge is 2.22. The highest BCUT2D eigenvalue weighted by molar-refractivity contribution is 6.46. The molecule has 0 aromatic carbocycles. The number of aromatic nitrogens is 1. The SMILES string of the molecule is CCOC(=O)N1CCC(=NNC(=O)c2nc(Cl)c(Cl)c(N)c2Cl)CC1. The molecule has 1 saturated heterocycles. The lowest BCUT2D eigenvalue weighted by Gasteiger charge is -2.26. The summed E-state index contributed by atoms with van der Waals surface area (Å²) in [5, 5.41) is 3.82. The molecule has 0 saturated carbocycles. The topological polar surface area (TPSA) is 110 Å². The Labute approximate surface area is 159 Å². The molecule has 1 aromatic heterocycles. The zero-order chi connectivity index (χ0) is 18.6. The highest BCUT2D eigenvalue weighted by atomic mass is 35.5. The quantitative estimate of drug-likeness (QED) is 0.590. The van der Waals surface area contributed by atoms with Gasteiger partial charge in [0.2, 0.25) is 0 Å². The zero-order valence-corrected chi connectivity index (χ0v) is 15.6. The van der Waals surface area contributed by atoms with E-state index in [0.29, 0.717) is 32.5 Å². The molecule has 2 amide bonds. The first-order valence-electron chi connectivity index (χ1n) is 7.42. The molecule has 1 fully saturated rings. The number of nitrogens with two attached hydrogens (primary N) is 1. The molecule has 0 aliphatic carbocycles.